The first-order chi connectivity index (χ1) is 9.74. The normalized spacial score (nSPS) is 11.5. The number of hydrogen-bond donors (Lipinski definition) is 0. The average molecular weight is 299 g/mol. The SMILES string of the molecule is Clc1ccc2c3ccccc3c3ccc(Cl)nc3c2n1. The fourth-order valence-electron chi connectivity index (χ4n) is 2.62. The molecule has 2 aromatic heterocycles. The molecule has 0 aliphatic rings. The number of hydrogen-bond acceptors (Lipinski definition) is 2. The van der Waals surface area contributed by atoms with E-state index in [0.29, 0.717) is 10.3 Å². The maximum atomic E-state index is 6.04. The van der Waals surface area contributed by atoms with E-state index in [0.717, 1.165) is 32.6 Å². The highest BCUT2D eigenvalue weighted by molar-refractivity contribution is 6.32. The Balaban J connectivity index is 2.41. The maximum absolute atomic E-state index is 6.04. The van der Waals surface area contributed by atoms with Crippen molar-refractivity contribution < 1.29 is 0 Å². The molecule has 20 heavy (non-hydrogen) atoms. The van der Waals surface area contributed by atoms with Crippen LogP contribution in [0.2, 0.25) is 10.3 Å². The molecule has 2 nitrogen and oxygen atoms in total. The molecule has 0 unspecified atom stereocenters. The highest BCUT2D eigenvalue weighted by Crippen LogP contribution is 2.34. The molecule has 4 aromatic rings. The minimum atomic E-state index is 0.454. The van der Waals surface area contributed by atoms with Crippen LogP contribution in [0.15, 0.2) is 48.5 Å². The van der Waals surface area contributed by atoms with Gasteiger partial charge in [0.05, 0.1) is 11.0 Å². The Morgan fingerprint density at radius 3 is 1.45 bits per heavy atom. The lowest BCUT2D eigenvalue weighted by Gasteiger charge is -2.09. The summed E-state index contributed by atoms with van der Waals surface area (Å²) in [6.45, 7) is 0. The monoisotopic (exact) mass is 298 g/mol. The molecule has 0 aliphatic heterocycles. The van der Waals surface area contributed by atoms with Gasteiger partial charge in [-0.3, -0.25) is 0 Å². The lowest BCUT2D eigenvalue weighted by Crippen LogP contribution is -1.89. The number of pyridine rings is 2. The van der Waals surface area contributed by atoms with Crippen molar-refractivity contribution in [3.63, 3.8) is 0 Å². The van der Waals surface area contributed by atoms with Crippen LogP contribution in [0.25, 0.3) is 32.6 Å². The van der Waals surface area contributed by atoms with Gasteiger partial charge in [0.25, 0.3) is 0 Å². The molecule has 0 fully saturated rings. The van der Waals surface area contributed by atoms with Gasteiger partial charge in [-0.15, -0.1) is 0 Å². The molecule has 0 aliphatic carbocycles. The highest BCUT2D eigenvalue weighted by Gasteiger charge is 2.11. The van der Waals surface area contributed by atoms with Crippen LogP contribution in [0.5, 0.6) is 0 Å². The molecular weight excluding hydrogens is 291 g/mol. The minimum Gasteiger partial charge on any atom is -0.234 e. The van der Waals surface area contributed by atoms with Gasteiger partial charge >= 0.3 is 0 Å². The van der Waals surface area contributed by atoms with Crippen LogP contribution in [-0.4, -0.2) is 9.97 Å². The number of aromatic nitrogens is 2. The fraction of sp³-hybridized carbons (Fsp3) is 0. The first kappa shape index (κ1) is 11.9. The Bertz CT molecular complexity index is 900. The van der Waals surface area contributed by atoms with Gasteiger partial charge < -0.3 is 0 Å². The fourth-order valence-corrected chi connectivity index (χ4v) is 2.91. The first-order valence-corrected chi connectivity index (χ1v) is 6.93. The average Bonchev–Trinajstić information content (AvgIpc) is 2.47. The molecule has 0 saturated heterocycles. The first-order valence-electron chi connectivity index (χ1n) is 6.17. The van der Waals surface area contributed by atoms with E-state index in [4.69, 9.17) is 23.2 Å². The van der Waals surface area contributed by atoms with E-state index in [2.05, 4.69) is 22.1 Å². The largest absolute Gasteiger partial charge is 0.234 e. The molecule has 4 heteroatoms. The van der Waals surface area contributed by atoms with E-state index in [1.165, 1.54) is 0 Å². The van der Waals surface area contributed by atoms with Crippen molar-refractivity contribution in [1.82, 2.24) is 9.97 Å². The van der Waals surface area contributed by atoms with Gasteiger partial charge in [-0.25, -0.2) is 9.97 Å². The van der Waals surface area contributed by atoms with Gasteiger partial charge in [-0.05, 0) is 35.0 Å². The van der Waals surface area contributed by atoms with Crippen molar-refractivity contribution in [1.29, 1.82) is 0 Å². The molecule has 0 amide bonds. The second-order valence-corrected chi connectivity index (χ2v) is 5.38. The Morgan fingerprint density at radius 2 is 1.00 bits per heavy atom. The van der Waals surface area contributed by atoms with Crippen molar-refractivity contribution in [2.24, 2.45) is 0 Å². The predicted molar refractivity (Wildman–Crippen MR) is 84.6 cm³/mol. The van der Waals surface area contributed by atoms with Gasteiger partial charge in [-0.2, -0.15) is 0 Å². The van der Waals surface area contributed by atoms with E-state index in [-0.39, 0.29) is 0 Å². The summed E-state index contributed by atoms with van der Waals surface area (Å²) >= 11 is 12.1. The molecule has 0 saturated carbocycles. The van der Waals surface area contributed by atoms with Crippen LogP contribution in [0.3, 0.4) is 0 Å². The summed E-state index contributed by atoms with van der Waals surface area (Å²) in [6, 6.07) is 15.8. The third kappa shape index (κ3) is 1.65. The molecule has 0 bridgehead atoms. The molecule has 4 rings (SSSR count). The van der Waals surface area contributed by atoms with Gasteiger partial charge in [0.1, 0.15) is 10.3 Å². The second kappa shape index (κ2) is 4.30. The Labute approximate surface area is 125 Å². The number of benzene rings is 2. The van der Waals surface area contributed by atoms with Gasteiger partial charge in [0.15, 0.2) is 0 Å². The number of halogens is 2. The van der Waals surface area contributed by atoms with Crippen LogP contribution in [-0.2, 0) is 0 Å². The van der Waals surface area contributed by atoms with Crippen LogP contribution < -0.4 is 0 Å². The summed E-state index contributed by atoms with van der Waals surface area (Å²) < 4.78 is 0. The van der Waals surface area contributed by atoms with Gasteiger partial charge in [-0.1, -0.05) is 47.5 Å². The molecular formula is C16H8Cl2N2. The zero-order valence-corrected chi connectivity index (χ0v) is 11.8. The summed E-state index contributed by atoms with van der Waals surface area (Å²) in [5, 5.41) is 5.26. The summed E-state index contributed by atoms with van der Waals surface area (Å²) in [6.07, 6.45) is 0. The van der Waals surface area contributed by atoms with Crippen LogP contribution in [0.1, 0.15) is 0 Å². The van der Waals surface area contributed by atoms with Crippen molar-refractivity contribution >= 4 is 55.8 Å². The predicted octanol–water partition coefficient (Wildman–Crippen LogP) is 5.24. The van der Waals surface area contributed by atoms with Crippen molar-refractivity contribution in [3.8, 4) is 0 Å². The minimum absolute atomic E-state index is 0.454. The summed E-state index contributed by atoms with van der Waals surface area (Å²) in [4.78, 5) is 8.88. The molecule has 2 aromatic carbocycles. The maximum Gasteiger partial charge on any atom is 0.129 e. The van der Waals surface area contributed by atoms with Crippen molar-refractivity contribution in [3.05, 3.63) is 58.8 Å². The number of nitrogens with zero attached hydrogens (tertiary/aromatic N) is 2. The standard InChI is InChI=1S/C16H8Cl2N2/c17-13-7-5-11-9-3-1-2-4-10(9)12-6-8-14(18)20-16(12)15(11)19-13/h1-8H. The number of fused-ring (bicyclic) bond motifs is 6. The van der Waals surface area contributed by atoms with E-state index < -0.39 is 0 Å². The molecule has 0 atom stereocenters. The molecule has 0 spiro atoms. The molecule has 2 heterocycles. The smallest absolute Gasteiger partial charge is 0.129 e. The van der Waals surface area contributed by atoms with Crippen molar-refractivity contribution in [2.45, 2.75) is 0 Å². The lowest BCUT2D eigenvalue weighted by molar-refractivity contribution is 1.38. The Hall–Kier alpha value is -1.90. The summed E-state index contributed by atoms with van der Waals surface area (Å²) in [7, 11) is 0. The van der Waals surface area contributed by atoms with Gasteiger partial charge in [0, 0.05) is 10.8 Å². The summed E-state index contributed by atoms with van der Waals surface area (Å²) in [5.74, 6) is 0. The third-order valence-electron chi connectivity index (χ3n) is 3.45. The topological polar surface area (TPSA) is 25.8 Å². The van der Waals surface area contributed by atoms with E-state index >= 15 is 0 Å². The summed E-state index contributed by atoms with van der Waals surface area (Å²) in [5.41, 5.74) is 1.57. The van der Waals surface area contributed by atoms with E-state index in [1.807, 2.05) is 24.3 Å². The zero-order valence-electron chi connectivity index (χ0n) is 10.3. The Morgan fingerprint density at radius 1 is 0.550 bits per heavy atom. The lowest BCUT2D eigenvalue weighted by atomic mass is 10.0. The zero-order chi connectivity index (χ0) is 13.7. The molecule has 0 N–H and O–H groups in total. The van der Waals surface area contributed by atoms with E-state index in [1.54, 1.807) is 12.1 Å². The highest BCUT2D eigenvalue weighted by atomic mass is 35.5. The number of rotatable bonds is 0. The Kier molecular flexibility index (Phi) is 2.56. The third-order valence-corrected chi connectivity index (χ3v) is 3.88. The molecule has 0 radical (unpaired) electrons. The second-order valence-electron chi connectivity index (χ2n) is 4.61. The quantitative estimate of drug-likeness (QED) is 0.327. The van der Waals surface area contributed by atoms with E-state index in [9.17, 15) is 0 Å². The van der Waals surface area contributed by atoms with Crippen LogP contribution >= 0.6 is 23.2 Å². The van der Waals surface area contributed by atoms with Crippen molar-refractivity contribution in [2.75, 3.05) is 0 Å². The van der Waals surface area contributed by atoms with Crippen LogP contribution in [0.4, 0.5) is 0 Å². The van der Waals surface area contributed by atoms with Gasteiger partial charge in [0.2, 0.25) is 0 Å². The van der Waals surface area contributed by atoms with Crippen LogP contribution in [0, 0.1) is 0 Å². The molecule has 96 valence electrons.